The van der Waals surface area contributed by atoms with Gasteiger partial charge in [0.15, 0.2) is 0 Å². The summed E-state index contributed by atoms with van der Waals surface area (Å²) in [6.07, 6.45) is 4.19. The SMILES string of the molecule is CC1CCC2CC(C(=O)O)C3CC(C)(C(=O)O)CC123. The van der Waals surface area contributed by atoms with Gasteiger partial charge in [0.25, 0.3) is 0 Å². The number of carboxylic acid groups (broad SMARTS) is 2. The van der Waals surface area contributed by atoms with Gasteiger partial charge in [-0.1, -0.05) is 6.92 Å². The van der Waals surface area contributed by atoms with E-state index >= 15 is 0 Å². The molecule has 1 spiro atoms. The van der Waals surface area contributed by atoms with E-state index in [1.54, 1.807) is 0 Å². The molecular formula is C15H22O4. The van der Waals surface area contributed by atoms with Crippen LogP contribution in [-0.2, 0) is 9.59 Å². The minimum Gasteiger partial charge on any atom is -0.481 e. The average molecular weight is 266 g/mol. The largest absolute Gasteiger partial charge is 0.481 e. The molecule has 0 heterocycles. The molecule has 3 fully saturated rings. The quantitative estimate of drug-likeness (QED) is 0.805. The van der Waals surface area contributed by atoms with Gasteiger partial charge < -0.3 is 10.2 Å². The van der Waals surface area contributed by atoms with E-state index in [0.29, 0.717) is 24.7 Å². The zero-order valence-electron chi connectivity index (χ0n) is 11.6. The number of rotatable bonds is 2. The zero-order valence-corrected chi connectivity index (χ0v) is 11.6. The highest BCUT2D eigenvalue weighted by Crippen LogP contribution is 2.72. The molecular weight excluding hydrogens is 244 g/mol. The van der Waals surface area contributed by atoms with Crippen molar-refractivity contribution in [2.24, 2.45) is 34.5 Å². The van der Waals surface area contributed by atoms with Crippen LogP contribution < -0.4 is 0 Å². The molecule has 19 heavy (non-hydrogen) atoms. The smallest absolute Gasteiger partial charge is 0.309 e. The molecule has 3 rings (SSSR count). The Labute approximate surface area is 113 Å². The van der Waals surface area contributed by atoms with Gasteiger partial charge in [-0.3, -0.25) is 9.59 Å². The lowest BCUT2D eigenvalue weighted by Crippen LogP contribution is -2.33. The van der Waals surface area contributed by atoms with Crippen LogP contribution in [0.25, 0.3) is 0 Å². The first-order valence-corrected chi connectivity index (χ1v) is 7.27. The Balaban J connectivity index is 2.03. The lowest BCUT2D eigenvalue weighted by Gasteiger charge is -2.36. The average Bonchev–Trinajstić information content (AvgIpc) is 2.87. The van der Waals surface area contributed by atoms with Crippen LogP contribution in [0.1, 0.15) is 46.0 Å². The molecule has 3 saturated carbocycles. The molecule has 106 valence electrons. The van der Waals surface area contributed by atoms with E-state index in [1.165, 1.54) is 0 Å². The maximum absolute atomic E-state index is 11.6. The fourth-order valence-electron chi connectivity index (χ4n) is 5.69. The molecule has 0 aromatic rings. The van der Waals surface area contributed by atoms with Gasteiger partial charge in [-0.05, 0) is 62.2 Å². The molecule has 6 atom stereocenters. The van der Waals surface area contributed by atoms with Crippen molar-refractivity contribution in [3.63, 3.8) is 0 Å². The molecule has 0 radical (unpaired) electrons. The Morgan fingerprint density at radius 3 is 2.47 bits per heavy atom. The van der Waals surface area contributed by atoms with Crippen LogP contribution in [0.5, 0.6) is 0 Å². The number of aliphatic carboxylic acids is 2. The van der Waals surface area contributed by atoms with Crippen molar-refractivity contribution in [2.45, 2.75) is 46.0 Å². The maximum atomic E-state index is 11.6. The Morgan fingerprint density at radius 1 is 1.21 bits per heavy atom. The number of hydrogen-bond donors (Lipinski definition) is 2. The van der Waals surface area contributed by atoms with Crippen molar-refractivity contribution < 1.29 is 19.8 Å². The number of hydrogen-bond acceptors (Lipinski definition) is 2. The van der Waals surface area contributed by atoms with E-state index in [4.69, 9.17) is 0 Å². The summed E-state index contributed by atoms with van der Waals surface area (Å²) in [5.74, 6) is -0.843. The second-order valence-corrected chi connectivity index (χ2v) is 7.32. The van der Waals surface area contributed by atoms with Crippen molar-refractivity contribution in [1.29, 1.82) is 0 Å². The fraction of sp³-hybridized carbons (Fsp3) is 0.867. The summed E-state index contributed by atoms with van der Waals surface area (Å²) in [4.78, 5) is 23.1. The lowest BCUT2D eigenvalue weighted by molar-refractivity contribution is -0.149. The molecule has 3 aliphatic carbocycles. The molecule has 0 bridgehead atoms. The summed E-state index contributed by atoms with van der Waals surface area (Å²) >= 11 is 0. The monoisotopic (exact) mass is 266 g/mol. The minimum atomic E-state index is -0.752. The minimum absolute atomic E-state index is 0.0177. The summed E-state index contributed by atoms with van der Waals surface area (Å²) in [7, 11) is 0. The van der Waals surface area contributed by atoms with Gasteiger partial charge >= 0.3 is 11.9 Å². The molecule has 0 aromatic heterocycles. The third-order valence-corrected chi connectivity index (χ3v) is 6.54. The zero-order chi connectivity index (χ0) is 14.0. The van der Waals surface area contributed by atoms with E-state index < -0.39 is 17.4 Å². The van der Waals surface area contributed by atoms with Gasteiger partial charge in [-0.25, -0.2) is 0 Å². The number of carbonyl (C=O) groups is 2. The van der Waals surface area contributed by atoms with Crippen LogP contribution in [0, 0.1) is 34.5 Å². The third-order valence-electron chi connectivity index (χ3n) is 6.54. The van der Waals surface area contributed by atoms with Crippen molar-refractivity contribution in [1.82, 2.24) is 0 Å². The predicted molar refractivity (Wildman–Crippen MR) is 68.5 cm³/mol. The summed E-state index contributed by atoms with van der Waals surface area (Å²) in [6.45, 7) is 4.01. The van der Waals surface area contributed by atoms with Gasteiger partial charge in [0.1, 0.15) is 0 Å². The molecule has 0 amide bonds. The molecule has 4 nitrogen and oxygen atoms in total. The Hall–Kier alpha value is -1.06. The Morgan fingerprint density at radius 2 is 1.89 bits per heavy atom. The Bertz CT molecular complexity index is 445. The van der Waals surface area contributed by atoms with Crippen LogP contribution in [0.3, 0.4) is 0 Å². The van der Waals surface area contributed by atoms with Crippen molar-refractivity contribution >= 4 is 11.9 Å². The van der Waals surface area contributed by atoms with Crippen LogP contribution in [0.15, 0.2) is 0 Å². The van der Waals surface area contributed by atoms with E-state index in [1.807, 2.05) is 6.92 Å². The standard InChI is InChI=1S/C15H22O4/c1-8-3-4-9-5-10(12(16)17)11-6-14(2,13(18)19)7-15(8,9)11/h8-11H,3-7H2,1-2H3,(H,16,17)(H,18,19). The van der Waals surface area contributed by atoms with Crippen molar-refractivity contribution in [3.8, 4) is 0 Å². The second-order valence-electron chi connectivity index (χ2n) is 7.32. The van der Waals surface area contributed by atoms with Crippen LogP contribution in [0.2, 0.25) is 0 Å². The van der Waals surface area contributed by atoms with Gasteiger partial charge in [-0.15, -0.1) is 0 Å². The molecule has 0 aliphatic heterocycles. The summed E-state index contributed by atoms with van der Waals surface area (Å²) < 4.78 is 0. The van der Waals surface area contributed by atoms with E-state index in [2.05, 4.69) is 6.92 Å². The summed E-state index contributed by atoms with van der Waals surface area (Å²) in [5.41, 5.74) is -0.744. The van der Waals surface area contributed by atoms with Gasteiger partial charge in [0.05, 0.1) is 11.3 Å². The molecule has 3 aliphatic rings. The third kappa shape index (κ3) is 1.46. The Kier molecular flexibility index (Phi) is 2.55. The highest BCUT2D eigenvalue weighted by molar-refractivity contribution is 5.76. The van der Waals surface area contributed by atoms with E-state index in [0.717, 1.165) is 19.3 Å². The second kappa shape index (κ2) is 3.74. The molecule has 4 heteroatoms. The highest BCUT2D eigenvalue weighted by atomic mass is 16.4. The normalized spacial score (nSPS) is 51.9. The van der Waals surface area contributed by atoms with Crippen LogP contribution in [0.4, 0.5) is 0 Å². The van der Waals surface area contributed by atoms with E-state index in [9.17, 15) is 19.8 Å². The first-order valence-electron chi connectivity index (χ1n) is 7.27. The summed E-state index contributed by atoms with van der Waals surface area (Å²) in [5, 5.41) is 19.0. The highest BCUT2D eigenvalue weighted by Gasteiger charge is 2.68. The van der Waals surface area contributed by atoms with Crippen LogP contribution in [-0.4, -0.2) is 22.2 Å². The van der Waals surface area contributed by atoms with Gasteiger partial charge in [-0.2, -0.15) is 0 Å². The maximum Gasteiger partial charge on any atom is 0.309 e. The van der Waals surface area contributed by atoms with E-state index in [-0.39, 0.29) is 17.3 Å². The molecule has 6 unspecified atom stereocenters. The molecule has 2 N–H and O–H groups in total. The molecule has 0 aromatic carbocycles. The fourth-order valence-corrected chi connectivity index (χ4v) is 5.69. The first kappa shape index (κ1) is 12.9. The van der Waals surface area contributed by atoms with Gasteiger partial charge in [0, 0.05) is 0 Å². The van der Waals surface area contributed by atoms with Crippen molar-refractivity contribution in [3.05, 3.63) is 0 Å². The number of carboxylic acids is 2. The summed E-state index contributed by atoms with van der Waals surface area (Å²) in [6, 6.07) is 0. The topological polar surface area (TPSA) is 74.6 Å². The first-order chi connectivity index (χ1) is 8.81. The van der Waals surface area contributed by atoms with Crippen LogP contribution >= 0.6 is 0 Å². The lowest BCUT2D eigenvalue weighted by atomic mass is 9.68. The van der Waals surface area contributed by atoms with Gasteiger partial charge in [0.2, 0.25) is 0 Å². The van der Waals surface area contributed by atoms with Crippen molar-refractivity contribution in [2.75, 3.05) is 0 Å². The molecule has 0 saturated heterocycles. The predicted octanol–water partition coefficient (Wildman–Crippen LogP) is 2.62.